The lowest BCUT2D eigenvalue weighted by atomic mass is 10.1. The highest BCUT2D eigenvalue weighted by Crippen LogP contribution is 2.32. The average Bonchev–Trinajstić information content (AvgIpc) is 2.89. The summed E-state index contributed by atoms with van der Waals surface area (Å²) in [5.74, 6) is 0.352. The molecule has 5 nitrogen and oxygen atoms in total. The van der Waals surface area contributed by atoms with Crippen LogP contribution in [0.2, 0.25) is 0 Å². The van der Waals surface area contributed by atoms with Gasteiger partial charge < -0.3 is 15.2 Å². The monoisotopic (exact) mass is 306 g/mol. The summed E-state index contributed by atoms with van der Waals surface area (Å²) in [4.78, 5) is 12.3. The molecule has 0 spiro atoms. The van der Waals surface area contributed by atoms with Crippen molar-refractivity contribution in [2.75, 3.05) is 19.5 Å². The highest BCUT2D eigenvalue weighted by atomic mass is 32.1. The zero-order valence-electron chi connectivity index (χ0n) is 12.1. The van der Waals surface area contributed by atoms with Crippen molar-refractivity contribution < 1.29 is 14.3 Å². The average molecular weight is 306 g/mol. The lowest BCUT2D eigenvalue weighted by Gasteiger charge is -2.04. The third-order valence-electron chi connectivity index (χ3n) is 3.01. The summed E-state index contributed by atoms with van der Waals surface area (Å²) >= 11 is 1.07. The van der Waals surface area contributed by atoms with Gasteiger partial charge in [-0.25, -0.2) is 4.79 Å². The highest BCUT2D eigenvalue weighted by molar-refractivity contribution is 7.09. The predicted molar refractivity (Wildman–Crippen MR) is 83.7 cm³/mol. The molecule has 0 unspecified atom stereocenters. The summed E-state index contributed by atoms with van der Waals surface area (Å²) in [7, 11) is 1.61. The number of nitrogen functional groups attached to an aromatic ring is 1. The molecule has 0 radical (unpaired) electrons. The first-order valence-electron chi connectivity index (χ1n) is 6.74. The molecule has 0 atom stereocenters. The first-order chi connectivity index (χ1) is 10.2. The number of hydrogen-bond acceptors (Lipinski definition) is 6. The number of carbonyl (C=O) groups is 1. The van der Waals surface area contributed by atoms with Crippen LogP contribution in [0.3, 0.4) is 0 Å². The molecule has 0 saturated carbocycles. The molecule has 0 amide bonds. The molecule has 0 bridgehead atoms. The SMILES string of the molecule is CCCCOC(=O)c1snc(-c2ccc(OC)cc2)c1N. The molecule has 112 valence electrons. The maximum atomic E-state index is 11.9. The first kappa shape index (κ1) is 15.3. The van der Waals surface area contributed by atoms with Crippen LogP contribution in [0.15, 0.2) is 24.3 Å². The molecule has 6 heteroatoms. The van der Waals surface area contributed by atoms with Gasteiger partial charge in [-0.2, -0.15) is 4.37 Å². The Morgan fingerprint density at radius 1 is 1.33 bits per heavy atom. The van der Waals surface area contributed by atoms with Crippen LogP contribution in [-0.2, 0) is 4.74 Å². The number of benzene rings is 1. The molecule has 0 aliphatic carbocycles. The van der Waals surface area contributed by atoms with Crippen molar-refractivity contribution in [2.24, 2.45) is 0 Å². The molecule has 1 aromatic heterocycles. The van der Waals surface area contributed by atoms with E-state index in [0.717, 1.165) is 35.7 Å². The maximum Gasteiger partial charge on any atom is 0.352 e. The van der Waals surface area contributed by atoms with Crippen LogP contribution in [0.4, 0.5) is 5.69 Å². The fourth-order valence-corrected chi connectivity index (χ4v) is 2.49. The fourth-order valence-electron chi connectivity index (χ4n) is 1.78. The van der Waals surface area contributed by atoms with Gasteiger partial charge in [0, 0.05) is 5.56 Å². The number of nitrogens with two attached hydrogens (primary N) is 1. The molecule has 2 rings (SSSR count). The van der Waals surface area contributed by atoms with Gasteiger partial charge in [0.15, 0.2) is 4.88 Å². The fraction of sp³-hybridized carbons (Fsp3) is 0.333. The second-order valence-electron chi connectivity index (χ2n) is 4.49. The van der Waals surface area contributed by atoms with E-state index in [0.29, 0.717) is 22.9 Å². The van der Waals surface area contributed by atoms with Gasteiger partial charge in [0.1, 0.15) is 11.4 Å². The van der Waals surface area contributed by atoms with E-state index in [1.807, 2.05) is 31.2 Å². The number of carbonyl (C=O) groups excluding carboxylic acids is 1. The highest BCUT2D eigenvalue weighted by Gasteiger charge is 2.19. The Hall–Kier alpha value is -2.08. The Morgan fingerprint density at radius 2 is 2.05 bits per heavy atom. The van der Waals surface area contributed by atoms with Crippen molar-refractivity contribution in [1.29, 1.82) is 0 Å². The van der Waals surface area contributed by atoms with Gasteiger partial charge in [-0.3, -0.25) is 0 Å². The molecule has 2 aromatic rings. The second-order valence-corrected chi connectivity index (χ2v) is 5.27. The number of methoxy groups -OCH3 is 1. The maximum absolute atomic E-state index is 11.9. The number of anilines is 1. The summed E-state index contributed by atoms with van der Waals surface area (Å²) < 4.78 is 14.5. The molecule has 0 aliphatic heterocycles. The molecule has 1 aromatic carbocycles. The van der Waals surface area contributed by atoms with Crippen molar-refractivity contribution >= 4 is 23.2 Å². The smallest absolute Gasteiger partial charge is 0.352 e. The Kier molecular flexibility index (Phi) is 5.16. The molecule has 1 heterocycles. The minimum atomic E-state index is -0.404. The number of hydrogen-bond donors (Lipinski definition) is 1. The van der Waals surface area contributed by atoms with Crippen molar-refractivity contribution in [3.05, 3.63) is 29.1 Å². The summed E-state index contributed by atoms with van der Waals surface area (Å²) in [6, 6.07) is 7.37. The van der Waals surface area contributed by atoms with Gasteiger partial charge in [-0.15, -0.1) is 0 Å². The van der Waals surface area contributed by atoms with Gasteiger partial charge in [0.2, 0.25) is 0 Å². The van der Waals surface area contributed by atoms with E-state index in [-0.39, 0.29) is 0 Å². The Labute approximate surface area is 127 Å². The zero-order chi connectivity index (χ0) is 15.2. The van der Waals surface area contributed by atoms with Gasteiger partial charge in [0.25, 0.3) is 0 Å². The number of ether oxygens (including phenoxy) is 2. The van der Waals surface area contributed by atoms with Crippen molar-refractivity contribution in [3.63, 3.8) is 0 Å². The van der Waals surface area contributed by atoms with Crippen LogP contribution in [0.5, 0.6) is 5.75 Å². The van der Waals surface area contributed by atoms with Crippen molar-refractivity contribution in [3.8, 4) is 17.0 Å². The lowest BCUT2D eigenvalue weighted by Crippen LogP contribution is -2.06. The molecular weight excluding hydrogens is 288 g/mol. The van der Waals surface area contributed by atoms with Crippen molar-refractivity contribution in [1.82, 2.24) is 4.37 Å². The lowest BCUT2D eigenvalue weighted by molar-refractivity contribution is 0.0506. The minimum Gasteiger partial charge on any atom is -0.497 e. The van der Waals surface area contributed by atoms with Gasteiger partial charge >= 0.3 is 5.97 Å². The minimum absolute atomic E-state index is 0.358. The summed E-state index contributed by atoms with van der Waals surface area (Å²) in [5.41, 5.74) is 7.84. The largest absolute Gasteiger partial charge is 0.497 e. The third-order valence-corrected chi connectivity index (χ3v) is 3.85. The normalized spacial score (nSPS) is 10.4. The molecule has 0 aliphatic rings. The van der Waals surface area contributed by atoms with E-state index in [4.69, 9.17) is 15.2 Å². The van der Waals surface area contributed by atoms with E-state index < -0.39 is 5.97 Å². The van der Waals surface area contributed by atoms with Crippen LogP contribution in [0.1, 0.15) is 29.4 Å². The Balaban J connectivity index is 2.17. The summed E-state index contributed by atoms with van der Waals surface area (Å²) in [6.07, 6.45) is 1.82. The standard InChI is InChI=1S/C15H18N2O3S/c1-3-4-9-20-15(18)14-12(16)13(17-21-14)10-5-7-11(19-2)8-6-10/h5-8H,3-4,9,16H2,1-2H3. The van der Waals surface area contributed by atoms with Crippen LogP contribution < -0.4 is 10.5 Å². The number of esters is 1. The molecule has 21 heavy (non-hydrogen) atoms. The topological polar surface area (TPSA) is 74.4 Å². The predicted octanol–water partition coefficient (Wildman–Crippen LogP) is 3.36. The Bertz CT molecular complexity index is 608. The van der Waals surface area contributed by atoms with Crippen LogP contribution in [0.25, 0.3) is 11.3 Å². The molecule has 2 N–H and O–H groups in total. The number of aromatic nitrogens is 1. The van der Waals surface area contributed by atoms with E-state index in [1.54, 1.807) is 7.11 Å². The third kappa shape index (κ3) is 3.52. The summed E-state index contributed by atoms with van der Waals surface area (Å²) in [5, 5.41) is 0. The van der Waals surface area contributed by atoms with Gasteiger partial charge in [-0.05, 0) is 42.2 Å². The van der Waals surface area contributed by atoms with Crippen LogP contribution in [0, 0.1) is 0 Å². The van der Waals surface area contributed by atoms with E-state index in [1.165, 1.54) is 0 Å². The zero-order valence-corrected chi connectivity index (χ0v) is 12.9. The second kappa shape index (κ2) is 7.08. The molecule has 0 saturated heterocycles. The quantitative estimate of drug-likeness (QED) is 0.654. The molecule has 0 fully saturated rings. The van der Waals surface area contributed by atoms with E-state index in [9.17, 15) is 4.79 Å². The summed E-state index contributed by atoms with van der Waals surface area (Å²) in [6.45, 7) is 2.45. The van der Waals surface area contributed by atoms with Gasteiger partial charge in [0.05, 0.1) is 19.4 Å². The van der Waals surface area contributed by atoms with Gasteiger partial charge in [-0.1, -0.05) is 13.3 Å². The first-order valence-corrected chi connectivity index (χ1v) is 7.51. The van der Waals surface area contributed by atoms with E-state index in [2.05, 4.69) is 4.37 Å². The van der Waals surface area contributed by atoms with E-state index >= 15 is 0 Å². The van der Waals surface area contributed by atoms with Crippen LogP contribution >= 0.6 is 11.5 Å². The Morgan fingerprint density at radius 3 is 2.67 bits per heavy atom. The van der Waals surface area contributed by atoms with Crippen molar-refractivity contribution in [2.45, 2.75) is 19.8 Å². The van der Waals surface area contributed by atoms with Crippen LogP contribution in [-0.4, -0.2) is 24.1 Å². The molecular formula is C15H18N2O3S. The number of rotatable bonds is 6. The number of unbranched alkanes of at least 4 members (excludes halogenated alkanes) is 1. The number of nitrogens with zero attached hydrogens (tertiary/aromatic N) is 1.